The molecule has 8 aromatic rings. The monoisotopic (exact) mass is 1170 g/mol. The Bertz CT molecular complexity index is 3630. The summed E-state index contributed by atoms with van der Waals surface area (Å²) in [6.07, 6.45) is 0.913. The summed E-state index contributed by atoms with van der Waals surface area (Å²) in [6.45, 7) is 11.0. The second kappa shape index (κ2) is 27.5. The van der Waals surface area contributed by atoms with Gasteiger partial charge in [0.05, 0.1) is 34.8 Å². The second-order valence-corrected chi connectivity index (χ2v) is 24.4. The van der Waals surface area contributed by atoms with Gasteiger partial charge in [0.1, 0.15) is 0 Å². The lowest BCUT2D eigenvalue weighted by Gasteiger charge is -2.37. The van der Waals surface area contributed by atoms with Crippen molar-refractivity contribution in [1.82, 2.24) is 19.2 Å². The van der Waals surface area contributed by atoms with Crippen LogP contribution in [0.25, 0.3) is 21.5 Å². The maximum Gasteiger partial charge on any atom is 0.311 e. The van der Waals surface area contributed by atoms with Gasteiger partial charge in [-0.25, -0.2) is 26.3 Å². The third-order valence-corrected chi connectivity index (χ3v) is 18.4. The van der Waals surface area contributed by atoms with Gasteiger partial charge >= 0.3 is 11.9 Å². The molecule has 0 bridgehead atoms. The lowest BCUT2D eigenvalue weighted by atomic mass is 9.92. The molecule has 2 saturated heterocycles. The number of likely N-dealkylation sites (tertiary alicyclic amines) is 2. The molecule has 4 atom stereocenters. The van der Waals surface area contributed by atoms with Crippen molar-refractivity contribution in [3.63, 3.8) is 0 Å². The zero-order valence-electron chi connectivity index (χ0n) is 47.5. The minimum atomic E-state index is -4.04. The number of hydrogen-bond donors (Lipinski definition) is 4. The Hall–Kier alpha value is -8.10. The quantitative estimate of drug-likeness (QED) is 0.0592. The van der Waals surface area contributed by atoms with E-state index in [0.717, 1.165) is 22.3 Å². The predicted octanol–water partition coefficient (Wildman–Crippen LogP) is 10.3. The van der Waals surface area contributed by atoms with Gasteiger partial charge in [0.2, 0.25) is 20.0 Å². The van der Waals surface area contributed by atoms with Crippen LogP contribution in [0.4, 0.5) is 11.4 Å². The predicted molar refractivity (Wildman–Crippen MR) is 327 cm³/mol. The molecule has 10 rings (SSSR count). The highest BCUT2D eigenvalue weighted by atomic mass is 32.2. The van der Waals surface area contributed by atoms with Crippen LogP contribution in [0, 0.1) is 25.7 Å². The molecule has 2 heterocycles. The van der Waals surface area contributed by atoms with Crippen molar-refractivity contribution in [2.75, 3.05) is 50.0 Å². The van der Waals surface area contributed by atoms with Gasteiger partial charge in [-0.2, -0.15) is 0 Å². The number of nitrogens with zero attached hydrogens (tertiary/aromatic N) is 2. The summed E-state index contributed by atoms with van der Waals surface area (Å²) < 4.78 is 71.8. The van der Waals surface area contributed by atoms with E-state index in [1.165, 1.54) is 12.1 Å². The first-order chi connectivity index (χ1) is 40.5. The van der Waals surface area contributed by atoms with Gasteiger partial charge < -0.3 is 20.1 Å². The van der Waals surface area contributed by atoms with Crippen molar-refractivity contribution in [2.45, 2.75) is 75.5 Å². The Morgan fingerprint density at radius 1 is 0.452 bits per heavy atom. The summed E-state index contributed by atoms with van der Waals surface area (Å²) in [5.41, 5.74) is 6.04. The Morgan fingerprint density at radius 2 is 0.798 bits per heavy atom. The molecule has 2 fully saturated rings. The Labute approximate surface area is 491 Å². The first-order valence-corrected chi connectivity index (χ1v) is 31.2. The maximum absolute atomic E-state index is 13.8. The van der Waals surface area contributed by atoms with Crippen LogP contribution in [0.2, 0.25) is 0 Å². The minimum absolute atomic E-state index is 0.0846. The fourth-order valence-electron chi connectivity index (χ4n) is 11.1. The highest BCUT2D eigenvalue weighted by Crippen LogP contribution is 2.34. The van der Waals surface area contributed by atoms with Crippen LogP contribution in [0.1, 0.15) is 69.7 Å². The van der Waals surface area contributed by atoms with Crippen LogP contribution in [0.5, 0.6) is 0 Å². The molecule has 0 aromatic heterocycles. The third-order valence-electron chi connectivity index (χ3n) is 15.3. The molecule has 16 nitrogen and oxygen atoms in total. The first kappa shape index (κ1) is 60.5. The van der Waals surface area contributed by atoms with Gasteiger partial charge in [-0.05, 0) is 99.2 Å². The van der Waals surface area contributed by atoms with Gasteiger partial charge in [-0.1, -0.05) is 146 Å². The molecule has 2 amide bonds. The minimum Gasteiger partial charge on any atom is -0.466 e. The fraction of sp³-hybridized carbons (Fsp3) is 0.273. The molecule has 2 aliphatic heterocycles. The number of carbonyl (C=O) groups is 4. The average Bonchev–Trinajstić information content (AvgIpc) is 1.46. The number of carbonyl (C=O) groups excluding carboxylic acids is 4. The number of benzene rings is 8. The number of esters is 2. The summed E-state index contributed by atoms with van der Waals surface area (Å²) in [5.74, 6) is -2.69. The summed E-state index contributed by atoms with van der Waals surface area (Å²) in [7, 11) is -8.07. The number of aryl methyl sites for hydroxylation is 2. The molecule has 436 valence electrons. The number of fused-ring (bicyclic) bond motifs is 2. The second-order valence-electron chi connectivity index (χ2n) is 21.0. The van der Waals surface area contributed by atoms with Crippen LogP contribution < -0.4 is 20.1 Å². The smallest absolute Gasteiger partial charge is 0.311 e. The number of piperidine rings is 2. The van der Waals surface area contributed by atoms with Crippen LogP contribution in [-0.2, 0) is 52.2 Å². The van der Waals surface area contributed by atoms with Gasteiger partial charge in [0.25, 0.3) is 11.8 Å². The van der Waals surface area contributed by atoms with Crippen molar-refractivity contribution in [1.29, 1.82) is 0 Å². The van der Waals surface area contributed by atoms with E-state index in [-0.39, 0.29) is 34.8 Å². The van der Waals surface area contributed by atoms with Crippen LogP contribution >= 0.6 is 0 Å². The van der Waals surface area contributed by atoms with E-state index in [1.807, 2.05) is 98.8 Å². The molecule has 2 aliphatic rings. The maximum atomic E-state index is 13.8. The molecule has 0 radical (unpaired) electrons. The van der Waals surface area contributed by atoms with Gasteiger partial charge in [0, 0.05) is 95.4 Å². The zero-order valence-corrected chi connectivity index (χ0v) is 49.1. The zero-order chi connectivity index (χ0) is 59.4. The van der Waals surface area contributed by atoms with E-state index < -0.39 is 55.9 Å². The summed E-state index contributed by atoms with van der Waals surface area (Å²) in [5, 5.41) is 8.03. The molecule has 0 spiro atoms. The van der Waals surface area contributed by atoms with Crippen molar-refractivity contribution in [3.05, 3.63) is 215 Å². The average molecular weight is 1170 g/mol. The largest absolute Gasteiger partial charge is 0.466 e. The number of hydrogen-bond acceptors (Lipinski definition) is 12. The number of sulfonamides is 2. The molecule has 0 saturated carbocycles. The van der Waals surface area contributed by atoms with E-state index in [9.17, 15) is 36.0 Å². The normalized spacial score (nSPS) is 17.6. The molecular formula is C66H70N6O10S2. The summed E-state index contributed by atoms with van der Waals surface area (Å²) in [4.78, 5) is 56.5. The molecule has 0 aliphatic carbocycles. The van der Waals surface area contributed by atoms with Crippen molar-refractivity contribution in [2.24, 2.45) is 11.8 Å². The van der Waals surface area contributed by atoms with Crippen LogP contribution in [0.15, 0.2) is 192 Å². The summed E-state index contributed by atoms with van der Waals surface area (Å²) >= 11 is 0. The highest BCUT2D eigenvalue weighted by molar-refractivity contribution is 7.90. The highest BCUT2D eigenvalue weighted by Gasteiger charge is 2.40. The topological polar surface area (TPSA) is 210 Å². The SMILES string of the molecule is CCOC(=O)[C@@H]1CN(Cc2ccccc2)CC[C@@H]1NS(=O)(=O)c1ccc(NC(=O)c2ccccc2C)c2ccccc12.CCOC(=O)[C@H]1CN(Cc2ccccc2)CC[C@@H]1NS(=O)(=O)c1ccc(NC(=O)c2ccccc2C)c2ccccc12. The lowest BCUT2D eigenvalue weighted by molar-refractivity contribution is -0.151. The lowest BCUT2D eigenvalue weighted by Crippen LogP contribution is -2.53. The van der Waals surface area contributed by atoms with Crippen molar-refractivity contribution < 1.29 is 45.5 Å². The standard InChI is InChI=1S/2C33H35N3O5S/c2*1-3-41-33(38)28-22-36(21-24-12-5-4-6-13-24)20-19-30(28)35-42(39,40)31-18-17-29(26-15-9-10-16-27(26)31)34-32(37)25-14-8-7-11-23(25)2/h2*4-18,28,30,35H,3,19-22H2,1-2H3,(H,34,37)/t28-,30+;28-,30-/m10/s1. The Morgan fingerprint density at radius 3 is 1.17 bits per heavy atom. The Balaban J connectivity index is 0.000000202. The van der Waals surface area contributed by atoms with E-state index in [2.05, 4.69) is 29.9 Å². The number of rotatable bonds is 18. The third kappa shape index (κ3) is 14.6. The van der Waals surface area contributed by atoms with Crippen LogP contribution in [-0.4, -0.2) is 102 Å². The molecule has 0 unspecified atom stereocenters. The van der Waals surface area contributed by atoms with Crippen LogP contribution in [0.3, 0.4) is 0 Å². The number of ether oxygens (including phenoxy) is 2. The number of anilines is 2. The van der Waals surface area contributed by atoms with E-state index in [4.69, 9.17) is 9.47 Å². The van der Waals surface area contributed by atoms with Gasteiger partial charge in [-0.3, -0.25) is 29.0 Å². The molecule has 4 N–H and O–H groups in total. The molecule has 84 heavy (non-hydrogen) atoms. The fourth-order valence-corrected chi connectivity index (χ4v) is 14.1. The van der Waals surface area contributed by atoms with Gasteiger partial charge in [-0.15, -0.1) is 0 Å². The molecule has 18 heteroatoms. The Kier molecular flexibility index (Phi) is 19.8. The number of amides is 2. The summed E-state index contributed by atoms with van der Waals surface area (Å²) in [6, 6.07) is 53.6. The van der Waals surface area contributed by atoms with Crippen molar-refractivity contribution in [3.8, 4) is 0 Å². The van der Waals surface area contributed by atoms with E-state index >= 15 is 0 Å². The number of nitrogens with one attached hydrogen (secondary N) is 4. The van der Waals surface area contributed by atoms with E-state index in [1.54, 1.807) is 98.8 Å². The first-order valence-electron chi connectivity index (χ1n) is 28.2. The van der Waals surface area contributed by atoms with E-state index in [0.29, 0.717) is 96.2 Å². The molecular weight excluding hydrogens is 1100 g/mol. The van der Waals surface area contributed by atoms with Crippen molar-refractivity contribution >= 4 is 76.7 Å². The molecule has 8 aromatic carbocycles. The van der Waals surface area contributed by atoms with Gasteiger partial charge in [0.15, 0.2) is 0 Å².